The number of para-hydroxylation sites is 4. The normalized spacial score (nSPS) is 11.8. The zero-order valence-corrected chi connectivity index (χ0v) is 28.6. The minimum Gasteiger partial charge on any atom is -0.436 e. The molecule has 0 fully saturated rings. The van der Waals surface area contributed by atoms with E-state index in [1.807, 2.05) is 0 Å². The van der Waals surface area contributed by atoms with Gasteiger partial charge in [-0.2, -0.15) is 0 Å². The van der Waals surface area contributed by atoms with Crippen LogP contribution in [0.4, 0.5) is 0 Å². The highest BCUT2D eigenvalue weighted by molar-refractivity contribution is 6.11. The van der Waals surface area contributed by atoms with Crippen LogP contribution in [0.15, 0.2) is 192 Å². The van der Waals surface area contributed by atoms with Crippen LogP contribution in [0.1, 0.15) is 0 Å². The van der Waals surface area contributed by atoms with E-state index in [1.54, 1.807) is 0 Å². The number of oxazole rings is 1. The lowest BCUT2D eigenvalue weighted by molar-refractivity contribution is 0.619. The van der Waals surface area contributed by atoms with E-state index in [0.717, 1.165) is 72.4 Å². The standard InChI is InChI=1S/C49H31N3O/c1-3-15-32(16-4-1)34-27-35(33-17-5-2-6-18-33)29-36(28-34)49-50-48-46(52-44-25-13-9-21-40(44)41-22-10-14-26-45(41)52)30-37(31-47(48)53-49)51-42-23-11-7-19-38(42)39-20-8-12-24-43(39)51/h1-31H. The summed E-state index contributed by atoms with van der Waals surface area (Å²) in [6.07, 6.45) is 0. The summed E-state index contributed by atoms with van der Waals surface area (Å²) >= 11 is 0. The molecule has 4 heteroatoms. The van der Waals surface area contributed by atoms with Crippen LogP contribution in [0, 0.1) is 0 Å². The summed E-state index contributed by atoms with van der Waals surface area (Å²) < 4.78 is 11.6. The molecule has 0 bridgehead atoms. The Balaban J connectivity index is 1.23. The predicted octanol–water partition coefficient (Wildman–Crippen LogP) is 13.0. The fourth-order valence-corrected chi connectivity index (χ4v) is 8.15. The van der Waals surface area contributed by atoms with Gasteiger partial charge in [0, 0.05) is 33.2 Å². The first-order valence-corrected chi connectivity index (χ1v) is 18.0. The van der Waals surface area contributed by atoms with Crippen LogP contribution in [0.25, 0.3) is 99.8 Å². The highest BCUT2D eigenvalue weighted by atomic mass is 16.3. The third-order valence-corrected chi connectivity index (χ3v) is 10.5. The van der Waals surface area contributed by atoms with Crippen LogP contribution in [0.2, 0.25) is 0 Å². The van der Waals surface area contributed by atoms with Gasteiger partial charge < -0.3 is 13.6 Å². The summed E-state index contributed by atoms with van der Waals surface area (Å²) in [6.45, 7) is 0. The van der Waals surface area contributed by atoms with Gasteiger partial charge in [0.1, 0.15) is 5.52 Å². The Morgan fingerprint density at radius 2 is 0.774 bits per heavy atom. The molecule has 0 N–H and O–H groups in total. The van der Waals surface area contributed by atoms with Crippen molar-refractivity contribution in [3.05, 3.63) is 188 Å². The van der Waals surface area contributed by atoms with Gasteiger partial charge >= 0.3 is 0 Å². The van der Waals surface area contributed by atoms with E-state index in [-0.39, 0.29) is 0 Å². The molecule has 0 aliphatic heterocycles. The number of nitrogens with zero attached hydrogens (tertiary/aromatic N) is 3. The van der Waals surface area contributed by atoms with Gasteiger partial charge in [-0.3, -0.25) is 0 Å². The molecule has 3 aromatic heterocycles. The molecule has 4 nitrogen and oxygen atoms in total. The molecule has 11 aromatic rings. The van der Waals surface area contributed by atoms with Crippen LogP contribution in [0.3, 0.4) is 0 Å². The van der Waals surface area contributed by atoms with Crippen LogP contribution in [-0.2, 0) is 0 Å². The maximum absolute atomic E-state index is 6.92. The molecule has 0 aliphatic rings. The van der Waals surface area contributed by atoms with E-state index in [4.69, 9.17) is 9.40 Å². The maximum atomic E-state index is 6.92. The van der Waals surface area contributed by atoms with Crippen molar-refractivity contribution in [2.75, 3.05) is 0 Å². The molecule has 3 heterocycles. The molecule has 0 saturated carbocycles. The maximum Gasteiger partial charge on any atom is 0.227 e. The highest BCUT2D eigenvalue weighted by Crippen LogP contribution is 2.40. The third kappa shape index (κ3) is 4.66. The SMILES string of the molecule is c1ccc(-c2cc(-c3ccccc3)cc(-c3nc4c(-n5c6ccccc6c6ccccc65)cc(-n5c6ccccc6c6ccccc65)cc4o3)c2)cc1. The molecular formula is C49H31N3O. The van der Waals surface area contributed by atoms with Gasteiger partial charge in [0.25, 0.3) is 0 Å². The molecule has 11 rings (SSSR count). The smallest absolute Gasteiger partial charge is 0.227 e. The number of fused-ring (bicyclic) bond motifs is 7. The van der Waals surface area contributed by atoms with E-state index in [9.17, 15) is 0 Å². The fraction of sp³-hybridized carbons (Fsp3) is 0. The first kappa shape index (κ1) is 29.5. The molecule has 0 spiro atoms. The Kier molecular flexibility index (Phi) is 6.52. The number of aromatic nitrogens is 3. The third-order valence-electron chi connectivity index (χ3n) is 10.5. The van der Waals surface area contributed by atoms with Crippen LogP contribution >= 0.6 is 0 Å². The molecule has 0 amide bonds. The van der Waals surface area contributed by atoms with Crippen LogP contribution < -0.4 is 0 Å². The van der Waals surface area contributed by atoms with Crippen molar-refractivity contribution in [3.8, 4) is 45.1 Å². The number of hydrogen-bond donors (Lipinski definition) is 0. The van der Waals surface area contributed by atoms with E-state index in [2.05, 4.69) is 197 Å². The second-order valence-electron chi connectivity index (χ2n) is 13.6. The molecule has 0 radical (unpaired) electrons. The van der Waals surface area contributed by atoms with Gasteiger partial charge in [-0.05, 0) is 70.8 Å². The number of hydrogen-bond acceptors (Lipinski definition) is 2. The van der Waals surface area contributed by atoms with E-state index in [0.29, 0.717) is 5.89 Å². The van der Waals surface area contributed by atoms with Crippen molar-refractivity contribution in [2.24, 2.45) is 0 Å². The summed E-state index contributed by atoms with van der Waals surface area (Å²) in [5, 5.41) is 4.83. The molecule has 0 unspecified atom stereocenters. The monoisotopic (exact) mass is 677 g/mol. The lowest BCUT2D eigenvalue weighted by Gasteiger charge is -2.13. The van der Waals surface area contributed by atoms with Crippen LogP contribution in [-0.4, -0.2) is 14.1 Å². The molecule has 0 aliphatic carbocycles. The summed E-state index contributed by atoms with van der Waals surface area (Å²) in [5.41, 5.74) is 13.5. The van der Waals surface area contributed by atoms with Crippen LogP contribution in [0.5, 0.6) is 0 Å². The van der Waals surface area contributed by atoms with Gasteiger partial charge in [-0.15, -0.1) is 0 Å². The van der Waals surface area contributed by atoms with Gasteiger partial charge in [-0.1, -0.05) is 133 Å². The zero-order valence-electron chi connectivity index (χ0n) is 28.6. The largest absolute Gasteiger partial charge is 0.436 e. The van der Waals surface area contributed by atoms with Gasteiger partial charge in [0.2, 0.25) is 5.89 Å². The first-order valence-electron chi connectivity index (χ1n) is 18.0. The van der Waals surface area contributed by atoms with Crippen molar-refractivity contribution >= 4 is 54.7 Å². The quantitative estimate of drug-likeness (QED) is 0.182. The van der Waals surface area contributed by atoms with E-state index < -0.39 is 0 Å². The molecule has 8 aromatic carbocycles. The van der Waals surface area contributed by atoms with Crippen molar-refractivity contribution in [1.29, 1.82) is 0 Å². The minimum atomic E-state index is 0.580. The lowest BCUT2D eigenvalue weighted by Crippen LogP contribution is -2.00. The first-order chi connectivity index (χ1) is 26.3. The summed E-state index contributed by atoms with van der Waals surface area (Å²) in [6, 6.07) is 66.6. The second kappa shape index (κ2) is 11.7. The molecule has 0 atom stereocenters. The Bertz CT molecular complexity index is 3000. The van der Waals surface area contributed by atoms with Crippen molar-refractivity contribution < 1.29 is 4.42 Å². The van der Waals surface area contributed by atoms with Gasteiger partial charge in [-0.25, -0.2) is 4.98 Å². The second-order valence-corrected chi connectivity index (χ2v) is 13.6. The topological polar surface area (TPSA) is 35.9 Å². The predicted molar refractivity (Wildman–Crippen MR) is 219 cm³/mol. The zero-order chi connectivity index (χ0) is 34.9. The number of rotatable bonds is 5. The molecular weight excluding hydrogens is 647 g/mol. The van der Waals surface area contributed by atoms with Gasteiger partial charge in [0.05, 0.1) is 33.4 Å². The van der Waals surface area contributed by atoms with Crippen molar-refractivity contribution in [3.63, 3.8) is 0 Å². The summed E-state index contributed by atoms with van der Waals surface area (Å²) in [7, 11) is 0. The summed E-state index contributed by atoms with van der Waals surface area (Å²) in [5.74, 6) is 0.580. The van der Waals surface area contributed by atoms with E-state index in [1.165, 1.54) is 21.5 Å². The minimum absolute atomic E-state index is 0.580. The van der Waals surface area contributed by atoms with Crippen molar-refractivity contribution in [1.82, 2.24) is 14.1 Å². The molecule has 248 valence electrons. The molecule has 0 saturated heterocycles. The van der Waals surface area contributed by atoms with Crippen molar-refractivity contribution in [2.45, 2.75) is 0 Å². The average Bonchev–Trinajstić information content (AvgIpc) is 3.92. The highest BCUT2D eigenvalue weighted by Gasteiger charge is 2.22. The molecule has 53 heavy (non-hydrogen) atoms. The Morgan fingerprint density at radius 3 is 1.26 bits per heavy atom. The summed E-state index contributed by atoms with van der Waals surface area (Å²) in [4.78, 5) is 5.37. The Morgan fingerprint density at radius 1 is 0.358 bits per heavy atom. The number of benzene rings is 8. The Hall–Kier alpha value is -7.17. The fourth-order valence-electron chi connectivity index (χ4n) is 8.15. The average molecular weight is 678 g/mol. The van der Waals surface area contributed by atoms with E-state index >= 15 is 0 Å². The Labute approximate surface area is 305 Å². The van der Waals surface area contributed by atoms with Gasteiger partial charge in [0.15, 0.2) is 5.58 Å². The lowest BCUT2D eigenvalue weighted by atomic mass is 9.96.